The largest absolute Gasteiger partial charge is 0.472 e. The van der Waals surface area contributed by atoms with Gasteiger partial charge in [-0.2, -0.15) is 0 Å². The SMILES string of the molecule is O=C(CNCc1ccoc1)NCc1ccccc1. The fourth-order valence-corrected chi connectivity index (χ4v) is 1.57. The van der Waals surface area contributed by atoms with Crippen molar-refractivity contribution in [2.24, 2.45) is 0 Å². The molecule has 0 unspecified atom stereocenters. The molecule has 1 aromatic heterocycles. The third-order valence-electron chi connectivity index (χ3n) is 2.53. The molecule has 18 heavy (non-hydrogen) atoms. The molecular formula is C14H16N2O2. The Morgan fingerprint density at radius 3 is 2.61 bits per heavy atom. The lowest BCUT2D eigenvalue weighted by atomic mass is 10.2. The van der Waals surface area contributed by atoms with Crippen LogP contribution in [0, 0.1) is 0 Å². The third kappa shape index (κ3) is 4.07. The molecule has 4 heteroatoms. The Morgan fingerprint density at radius 2 is 1.89 bits per heavy atom. The van der Waals surface area contributed by atoms with Crippen LogP contribution in [0.2, 0.25) is 0 Å². The summed E-state index contributed by atoms with van der Waals surface area (Å²) < 4.78 is 4.94. The Labute approximate surface area is 106 Å². The van der Waals surface area contributed by atoms with E-state index in [1.165, 1.54) is 0 Å². The van der Waals surface area contributed by atoms with Gasteiger partial charge >= 0.3 is 0 Å². The molecule has 1 aromatic carbocycles. The van der Waals surface area contributed by atoms with Gasteiger partial charge in [-0.05, 0) is 11.6 Å². The van der Waals surface area contributed by atoms with Crippen molar-refractivity contribution < 1.29 is 9.21 Å². The van der Waals surface area contributed by atoms with E-state index in [-0.39, 0.29) is 5.91 Å². The van der Waals surface area contributed by atoms with Crippen LogP contribution in [-0.2, 0) is 17.9 Å². The molecule has 0 aliphatic heterocycles. The number of hydrogen-bond acceptors (Lipinski definition) is 3. The molecule has 0 saturated carbocycles. The van der Waals surface area contributed by atoms with E-state index >= 15 is 0 Å². The van der Waals surface area contributed by atoms with E-state index in [1.807, 2.05) is 36.4 Å². The molecule has 0 aliphatic rings. The topological polar surface area (TPSA) is 54.3 Å². The average Bonchev–Trinajstić information content (AvgIpc) is 2.91. The number of rotatable bonds is 6. The van der Waals surface area contributed by atoms with Gasteiger partial charge in [0, 0.05) is 18.7 Å². The van der Waals surface area contributed by atoms with E-state index in [1.54, 1.807) is 12.5 Å². The summed E-state index contributed by atoms with van der Waals surface area (Å²) in [6, 6.07) is 11.7. The van der Waals surface area contributed by atoms with Crippen molar-refractivity contribution >= 4 is 5.91 Å². The van der Waals surface area contributed by atoms with Crippen molar-refractivity contribution in [2.75, 3.05) is 6.54 Å². The molecule has 0 aliphatic carbocycles. The van der Waals surface area contributed by atoms with Crippen molar-refractivity contribution in [3.63, 3.8) is 0 Å². The van der Waals surface area contributed by atoms with Gasteiger partial charge in [0.1, 0.15) is 0 Å². The molecule has 2 N–H and O–H groups in total. The van der Waals surface area contributed by atoms with Crippen LogP contribution in [0.3, 0.4) is 0 Å². The number of carbonyl (C=O) groups is 1. The molecule has 2 rings (SSSR count). The monoisotopic (exact) mass is 244 g/mol. The van der Waals surface area contributed by atoms with E-state index < -0.39 is 0 Å². The molecule has 0 atom stereocenters. The molecule has 94 valence electrons. The van der Waals surface area contributed by atoms with Crippen LogP contribution in [0.25, 0.3) is 0 Å². The Morgan fingerprint density at radius 1 is 1.06 bits per heavy atom. The maximum absolute atomic E-state index is 11.5. The Bertz CT molecular complexity index is 466. The van der Waals surface area contributed by atoms with Crippen LogP contribution in [0.15, 0.2) is 53.3 Å². The van der Waals surface area contributed by atoms with Crippen molar-refractivity contribution in [3.8, 4) is 0 Å². The number of carbonyl (C=O) groups excluding carboxylic acids is 1. The third-order valence-corrected chi connectivity index (χ3v) is 2.53. The highest BCUT2D eigenvalue weighted by atomic mass is 16.3. The van der Waals surface area contributed by atoms with Crippen LogP contribution in [-0.4, -0.2) is 12.5 Å². The molecule has 0 radical (unpaired) electrons. The van der Waals surface area contributed by atoms with E-state index in [9.17, 15) is 4.79 Å². The van der Waals surface area contributed by atoms with Crippen LogP contribution in [0.5, 0.6) is 0 Å². The predicted octanol–water partition coefficient (Wildman–Crippen LogP) is 1.69. The van der Waals surface area contributed by atoms with Gasteiger partial charge in [-0.25, -0.2) is 0 Å². The second kappa shape index (κ2) is 6.61. The first-order valence-electron chi connectivity index (χ1n) is 5.87. The summed E-state index contributed by atoms with van der Waals surface area (Å²) in [6.45, 7) is 1.50. The van der Waals surface area contributed by atoms with E-state index in [0.717, 1.165) is 11.1 Å². The Balaban J connectivity index is 1.63. The van der Waals surface area contributed by atoms with Crippen molar-refractivity contribution in [2.45, 2.75) is 13.1 Å². The van der Waals surface area contributed by atoms with E-state index in [2.05, 4.69) is 10.6 Å². The summed E-state index contributed by atoms with van der Waals surface area (Å²) in [4.78, 5) is 11.5. The van der Waals surface area contributed by atoms with Crippen molar-refractivity contribution in [3.05, 3.63) is 60.1 Å². The molecule has 0 saturated heterocycles. The van der Waals surface area contributed by atoms with Crippen molar-refractivity contribution in [1.29, 1.82) is 0 Å². The highest BCUT2D eigenvalue weighted by Crippen LogP contribution is 1.98. The smallest absolute Gasteiger partial charge is 0.234 e. The van der Waals surface area contributed by atoms with Crippen molar-refractivity contribution in [1.82, 2.24) is 10.6 Å². The van der Waals surface area contributed by atoms with E-state index in [0.29, 0.717) is 19.6 Å². The molecule has 0 spiro atoms. The lowest BCUT2D eigenvalue weighted by Gasteiger charge is -2.06. The van der Waals surface area contributed by atoms with Gasteiger partial charge in [0.05, 0.1) is 19.1 Å². The molecule has 0 fully saturated rings. The highest BCUT2D eigenvalue weighted by molar-refractivity contribution is 5.77. The van der Waals surface area contributed by atoms with Crippen LogP contribution >= 0.6 is 0 Å². The minimum atomic E-state index is -0.0117. The van der Waals surface area contributed by atoms with Gasteiger partial charge in [0.25, 0.3) is 0 Å². The zero-order chi connectivity index (χ0) is 12.6. The summed E-state index contributed by atoms with van der Waals surface area (Å²) in [7, 11) is 0. The zero-order valence-corrected chi connectivity index (χ0v) is 10.1. The summed E-state index contributed by atoms with van der Waals surface area (Å²) in [6.07, 6.45) is 3.28. The van der Waals surface area contributed by atoms with Gasteiger partial charge in [0.2, 0.25) is 5.91 Å². The van der Waals surface area contributed by atoms with E-state index in [4.69, 9.17) is 4.42 Å². The summed E-state index contributed by atoms with van der Waals surface area (Å²) in [5.41, 5.74) is 2.13. The van der Waals surface area contributed by atoms with Gasteiger partial charge < -0.3 is 15.1 Å². The average molecular weight is 244 g/mol. The summed E-state index contributed by atoms with van der Waals surface area (Å²) in [5, 5.41) is 5.91. The number of hydrogen-bond donors (Lipinski definition) is 2. The molecule has 4 nitrogen and oxygen atoms in total. The molecular weight excluding hydrogens is 228 g/mol. The van der Waals surface area contributed by atoms with Crippen LogP contribution < -0.4 is 10.6 Å². The molecule has 1 amide bonds. The minimum absolute atomic E-state index is 0.0117. The van der Waals surface area contributed by atoms with Gasteiger partial charge in [-0.3, -0.25) is 4.79 Å². The lowest BCUT2D eigenvalue weighted by molar-refractivity contribution is -0.120. The number of benzene rings is 1. The molecule has 1 heterocycles. The standard InChI is InChI=1S/C14H16N2O2/c17-14(10-15-8-13-6-7-18-11-13)16-9-12-4-2-1-3-5-12/h1-7,11,15H,8-10H2,(H,16,17). The molecule has 2 aromatic rings. The van der Waals surface area contributed by atoms with Gasteiger partial charge in [-0.1, -0.05) is 30.3 Å². The fourth-order valence-electron chi connectivity index (χ4n) is 1.57. The first-order chi connectivity index (χ1) is 8.84. The van der Waals surface area contributed by atoms with Gasteiger partial charge in [0.15, 0.2) is 0 Å². The highest BCUT2D eigenvalue weighted by Gasteiger charge is 2.01. The summed E-state index contributed by atoms with van der Waals surface area (Å²) in [5.74, 6) is -0.0117. The quantitative estimate of drug-likeness (QED) is 0.813. The number of furan rings is 1. The zero-order valence-electron chi connectivity index (χ0n) is 10.1. The summed E-state index contributed by atoms with van der Waals surface area (Å²) >= 11 is 0. The Hall–Kier alpha value is -2.07. The number of amides is 1. The minimum Gasteiger partial charge on any atom is -0.472 e. The lowest BCUT2D eigenvalue weighted by Crippen LogP contribution is -2.33. The fraction of sp³-hybridized carbons (Fsp3) is 0.214. The maximum Gasteiger partial charge on any atom is 0.234 e. The Kier molecular flexibility index (Phi) is 4.55. The van der Waals surface area contributed by atoms with Crippen LogP contribution in [0.1, 0.15) is 11.1 Å². The predicted molar refractivity (Wildman–Crippen MR) is 68.7 cm³/mol. The first-order valence-corrected chi connectivity index (χ1v) is 5.87. The second-order valence-electron chi connectivity index (χ2n) is 4.00. The molecule has 0 bridgehead atoms. The van der Waals surface area contributed by atoms with Crippen LogP contribution in [0.4, 0.5) is 0 Å². The number of nitrogens with one attached hydrogen (secondary N) is 2. The maximum atomic E-state index is 11.5. The normalized spacial score (nSPS) is 10.2. The first kappa shape index (κ1) is 12.4. The second-order valence-corrected chi connectivity index (χ2v) is 4.00. The van der Waals surface area contributed by atoms with Gasteiger partial charge in [-0.15, -0.1) is 0 Å².